The Balaban J connectivity index is 2.46. The summed E-state index contributed by atoms with van der Waals surface area (Å²) in [6.07, 6.45) is -2.50. The van der Waals surface area contributed by atoms with Gasteiger partial charge in [-0.2, -0.15) is 8.78 Å². The van der Waals surface area contributed by atoms with Crippen LogP contribution in [0.1, 0.15) is 12.1 Å². The molecule has 0 saturated heterocycles. The number of nitrogens with zero attached hydrogens (tertiary/aromatic N) is 2. The lowest BCUT2D eigenvalue weighted by atomic mass is 10.1. The maximum atomic E-state index is 13.9. The summed E-state index contributed by atoms with van der Waals surface area (Å²) in [6.45, 7) is -0.756. The predicted molar refractivity (Wildman–Crippen MR) is 66.2 cm³/mol. The Morgan fingerprint density at radius 2 is 1.79 bits per heavy atom. The first kappa shape index (κ1) is 14.0. The predicted octanol–water partition coefficient (Wildman–Crippen LogP) is 2.12. The second-order valence-corrected chi connectivity index (χ2v) is 4.45. The highest BCUT2D eigenvalue weighted by Crippen LogP contribution is 2.35. The lowest BCUT2D eigenvalue weighted by Gasteiger charge is -2.19. The molecule has 4 nitrogen and oxygen atoms in total. The van der Waals surface area contributed by atoms with Crippen molar-refractivity contribution in [3.63, 3.8) is 0 Å². The van der Waals surface area contributed by atoms with E-state index in [4.69, 9.17) is 21.8 Å². The fourth-order valence-electron chi connectivity index (χ4n) is 1.67. The van der Waals surface area contributed by atoms with Crippen molar-refractivity contribution in [2.75, 3.05) is 6.61 Å². The number of aromatic nitrogens is 2. The summed E-state index contributed by atoms with van der Waals surface area (Å²) in [5.74, 6) is -3.46. The second-order valence-electron chi connectivity index (χ2n) is 4.10. The topological polar surface area (TPSA) is 66.2 Å². The Morgan fingerprint density at radius 3 is 2.37 bits per heavy atom. The molecule has 1 unspecified atom stereocenters. The van der Waals surface area contributed by atoms with E-state index in [1.807, 2.05) is 0 Å². The Morgan fingerprint density at radius 1 is 1.21 bits per heavy atom. The third-order valence-corrected chi connectivity index (χ3v) is 2.84. The summed E-state index contributed by atoms with van der Waals surface area (Å²) in [5.41, 5.74) is 0.00943. The van der Waals surface area contributed by atoms with Gasteiger partial charge in [-0.3, -0.25) is 0 Å². The van der Waals surface area contributed by atoms with Crippen molar-refractivity contribution < 1.29 is 19.0 Å². The highest BCUT2D eigenvalue weighted by atomic mass is 35.5. The van der Waals surface area contributed by atoms with Crippen LogP contribution in [0.15, 0.2) is 24.3 Å². The molecule has 1 atom stereocenters. The van der Waals surface area contributed by atoms with Gasteiger partial charge in [0.05, 0.1) is 23.7 Å². The number of hydrogen-bond donors (Lipinski definition) is 2. The summed E-state index contributed by atoms with van der Waals surface area (Å²) in [6, 6.07) is 6.50. The molecule has 1 aromatic carbocycles. The van der Waals surface area contributed by atoms with E-state index in [-0.39, 0.29) is 0 Å². The molecule has 0 spiro atoms. The largest absolute Gasteiger partial charge is 0.394 e. The molecular formula is C12H11ClF2N2O2. The van der Waals surface area contributed by atoms with E-state index in [1.165, 1.54) is 0 Å². The van der Waals surface area contributed by atoms with E-state index < -0.39 is 35.9 Å². The number of para-hydroxylation sites is 2. The number of aliphatic hydroxyl groups excluding tert-OH is 2. The molecule has 0 aliphatic rings. The summed E-state index contributed by atoms with van der Waals surface area (Å²) >= 11 is 5.72. The van der Waals surface area contributed by atoms with Crippen LogP contribution in [0.3, 0.4) is 0 Å². The molecule has 2 aromatic rings. The zero-order valence-electron chi connectivity index (χ0n) is 9.72. The quantitative estimate of drug-likeness (QED) is 0.904. The average Bonchev–Trinajstić information content (AvgIpc) is 2.37. The number of aliphatic hydroxyl groups is 2. The minimum Gasteiger partial charge on any atom is -0.394 e. The van der Waals surface area contributed by atoms with Crippen LogP contribution in [-0.2, 0) is 5.92 Å². The molecule has 0 aliphatic heterocycles. The van der Waals surface area contributed by atoms with Gasteiger partial charge in [0.25, 0.3) is 5.92 Å². The first-order valence-corrected chi connectivity index (χ1v) is 5.91. The molecule has 19 heavy (non-hydrogen) atoms. The van der Waals surface area contributed by atoms with Crippen LogP contribution in [-0.4, -0.2) is 32.9 Å². The SMILES string of the molecule is OCC(O)CC(F)(F)c1nc2ccccc2nc1Cl. The van der Waals surface area contributed by atoms with Crippen molar-refractivity contribution in [3.8, 4) is 0 Å². The second kappa shape index (κ2) is 5.32. The molecule has 2 N–H and O–H groups in total. The number of hydrogen-bond acceptors (Lipinski definition) is 4. The van der Waals surface area contributed by atoms with Crippen molar-refractivity contribution in [3.05, 3.63) is 35.1 Å². The molecule has 2 rings (SSSR count). The van der Waals surface area contributed by atoms with Crippen LogP contribution in [0.4, 0.5) is 8.78 Å². The monoisotopic (exact) mass is 288 g/mol. The summed E-state index contributed by atoms with van der Waals surface area (Å²) in [5, 5.41) is 17.4. The van der Waals surface area contributed by atoms with Gasteiger partial charge in [0.2, 0.25) is 0 Å². The lowest BCUT2D eigenvalue weighted by Crippen LogP contribution is -2.26. The molecule has 1 aromatic heterocycles. The molecular weight excluding hydrogens is 278 g/mol. The zero-order chi connectivity index (χ0) is 14.0. The highest BCUT2D eigenvalue weighted by molar-refractivity contribution is 6.30. The van der Waals surface area contributed by atoms with Crippen molar-refractivity contribution in [2.45, 2.75) is 18.4 Å². The van der Waals surface area contributed by atoms with Gasteiger partial charge in [-0.1, -0.05) is 23.7 Å². The molecule has 7 heteroatoms. The Hall–Kier alpha value is -1.37. The Labute approximate surface area is 112 Å². The van der Waals surface area contributed by atoms with Gasteiger partial charge < -0.3 is 10.2 Å². The average molecular weight is 289 g/mol. The summed E-state index contributed by atoms with van der Waals surface area (Å²) in [7, 11) is 0. The minimum absolute atomic E-state index is 0.292. The van der Waals surface area contributed by atoms with Crippen molar-refractivity contribution >= 4 is 22.6 Å². The van der Waals surface area contributed by atoms with E-state index in [0.717, 1.165) is 0 Å². The lowest BCUT2D eigenvalue weighted by molar-refractivity contribution is -0.0639. The molecule has 0 saturated carbocycles. The van der Waals surface area contributed by atoms with Crippen LogP contribution < -0.4 is 0 Å². The molecule has 0 fully saturated rings. The fourth-order valence-corrected chi connectivity index (χ4v) is 1.94. The third-order valence-electron chi connectivity index (χ3n) is 2.58. The van der Waals surface area contributed by atoms with Crippen molar-refractivity contribution in [2.24, 2.45) is 0 Å². The first-order chi connectivity index (χ1) is 8.94. The van der Waals surface area contributed by atoms with Crippen molar-refractivity contribution in [1.29, 1.82) is 0 Å². The number of alkyl halides is 2. The van der Waals surface area contributed by atoms with Gasteiger partial charge in [-0.15, -0.1) is 0 Å². The summed E-state index contributed by atoms with van der Waals surface area (Å²) < 4.78 is 27.8. The van der Waals surface area contributed by atoms with Crippen LogP contribution >= 0.6 is 11.6 Å². The normalized spacial score (nSPS) is 13.7. The Bertz CT molecular complexity index is 595. The molecule has 102 valence electrons. The summed E-state index contributed by atoms with van der Waals surface area (Å²) in [4.78, 5) is 7.65. The van der Waals surface area contributed by atoms with E-state index >= 15 is 0 Å². The first-order valence-electron chi connectivity index (χ1n) is 5.53. The van der Waals surface area contributed by atoms with Crippen LogP contribution in [0.2, 0.25) is 5.15 Å². The zero-order valence-corrected chi connectivity index (χ0v) is 10.5. The maximum absolute atomic E-state index is 13.9. The van der Waals surface area contributed by atoms with E-state index in [1.54, 1.807) is 24.3 Å². The molecule has 0 amide bonds. The minimum atomic E-state index is -3.46. The van der Waals surface area contributed by atoms with Crippen molar-refractivity contribution in [1.82, 2.24) is 9.97 Å². The fraction of sp³-hybridized carbons (Fsp3) is 0.333. The van der Waals surface area contributed by atoms with Gasteiger partial charge in [-0.05, 0) is 12.1 Å². The van der Waals surface area contributed by atoms with Gasteiger partial charge >= 0.3 is 0 Å². The third kappa shape index (κ3) is 2.97. The highest BCUT2D eigenvalue weighted by Gasteiger charge is 2.38. The smallest absolute Gasteiger partial charge is 0.295 e. The van der Waals surface area contributed by atoms with Crippen LogP contribution in [0.5, 0.6) is 0 Å². The molecule has 0 aliphatic carbocycles. The maximum Gasteiger partial charge on any atom is 0.295 e. The van der Waals surface area contributed by atoms with Gasteiger partial charge in [0.15, 0.2) is 5.15 Å². The number of halogens is 3. The van der Waals surface area contributed by atoms with E-state index in [0.29, 0.717) is 11.0 Å². The van der Waals surface area contributed by atoms with Gasteiger partial charge in [-0.25, -0.2) is 9.97 Å². The standard InChI is InChI=1S/C12H11ClF2N2O2/c13-11-10(12(14,15)5-7(19)6-18)16-8-3-1-2-4-9(8)17-11/h1-4,7,18-19H,5-6H2. The van der Waals surface area contributed by atoms with E-state index in [2.05, 4.69) is 9.97 Å². The molecule has 0 bridgehead atoms. The van der Waals surface area contributed by atoms with Crippen LogP contribution in [0.25, 0.3) is 11.0 Å². The Kier molecular flexibility index (Phi) is 3.93. The number of benzene rings is 1. The van der Waals surface area contributed by atoms with Gasteiger partial charge in [0.1, 0.15) is 5.69 Å². The van der Waals surface area contributed by atoms with Crippen LogP contribution in [0, 0.1) is 0 Å². The molecule has 0 radical (unpaired) electrons. The number of rotatable bonds is 4. The van der Waals surface area contributed by atoms with E-state index in [9.17, 15) is 8.78 Å². The number of fused-ring (bicyclic) bond motifs is 1. The molecule has 1 heterocycles. The van der Waals surface area contributed by atoms with Gasteiger partial charge in [0, 0.05) is 6.42 Å².